The lowest BCUT2D eigenvalue weighted by atomic mass is 10.0. The standard InChI is InChI=1S/C10H13ClO.C2H6/c1-7(2)8-5-4-6-9(11)10(8)12-3;1-2/h4-7H,1-3H3;1-2H3. The third-order valence-electron chi connectivity index (χ3n) is 1.82. The van der Waals surface area contributed by atoms with Crippen molar-refractivity contribution >= 4 is 11.6 Å². The Morgan fingerprint density at radius 1 is 1.21 bits per heavy atom. The molecule has 0 heterocycles. The van der Waals surface area contributed by atoms with Gasteiger partial charge in [0.1, 0.15) is 5.75 Å². The fraction of sp³-hybridized carbons (Fsp3) is 0.500. The second-order valence-electron chi connectivity index (χ2n) is 3.02. The van der Waals surface area contributed by atoms with E-state index in [9.17, 15) is 0 Å². The highest BCUT2D eigenvalue weighted by Gasteiger charge is 2.09. The molecule has 0 saturated carbocycles. The van der Waals surface area contributed by atoms with E-state index in [1.54, 1.807) is 7.11 Å². The average Bonchev–Trinajstić information content (AvgIpc) is 2.20. The quantitative estimate of drug-likeness (QED) is 0.705. The Labute approximate surface area is 92.0 Å². The molecule has 0 atom stereocenters. The molecule has 0 amide bonds. The predicted octanol–water partition coefficient (Wildman–Crippen LogP) is 4.50. The van der Waals surface area contributed by atoms with Gasteiger partial charge in [-0.3, -0.25) is 0 Å². The first-order valence-corrected chi connectivity index (χ1v) is 5.37. The summed E-state index contributed by atoms with van der Waals surface area (Å²) in [6, 6.07) is 5.82. The Morgan fingerprint density at radius 2 is 1.79 bits per heavy atom. The van der Waals surface area contributed by atoms with Crippen LogP contribution >= 0.6 is 11.6 Å². The maximum Gasteiger partial charge on any atom is 0.140 e. The molecule has 0 fully saturated rings. The van der Waals surface area contributed by atoms with Gasteiger partial charge in [0.25, 0.3) is 0 Å². The lowest BCUT2D eigenvalue weighted by molar-refractivity contribution is 0.408. The molecule has 0 aliphatic carbocycles. The lowest BCUT2D eigenvalue weighted by Gasteiger charge is -2.12. The van der Waals surface area contributed by atoms with Crippen LogP contribution in [0.25, 0.3) is 0 Å². The van der Waals surface area contributed by atoms with Crippen LogP contribution in [0.2, 0.25) is 5.02 Å². The Kier molecular flexibility index (Phi) is 6.39. The van der Waals surface area contributed by atoms with Crippen LogP contribution in [0.3, 0.4) is 0 Å². The summed E-state index contributed by atoms with van der Waals surface area (Å²) in [7, 11) is 1.65. The third-order valence-corrected chi connectivity index (χ3v) is 2.12. The predicted molar refractivity (Wildman–Crippen MR) is 63.4 cm³/mol. The molecule has 0 aromatic heterocycles. The summed E-state index contributed by atoms with van der Waals surface area (Å²) < 4.78 is 5.21. The Balaban J connectivity index is 0.000000791. The van der Waals surface area contributed by atoms with Gasteiger partial charge >= 0.3 is 0 Å². The molecule has 0 unspecified atom stereocenters. The van der Waals surface area contributed by atoms with Gasteiger partial charge in [0, 0.05) is 0 Å². The van der Waals surface area contributed by atoms with Crippen molar-refractivity contribution in [1.82, 2.24) is 0 Å². The second-order valence-corrected chi connectivity index (χ2v) is 3.42. The maximum absolute atomic E-state index is 5.95. The van der Waals surface area contributed by atoms with Gasteiger partial charge in [-0.2, -0.15) is 0 Å². The number of methoxy groups -OCH3 is 1. The van der Waals surface area contributed by atoms with Crippen molar-refractivity contribution in [3.8, 4) is 5.75 Å². The SMILES string of the molecule is CC.COc1c(Cl)cccc1C(C)C. The summed E-state index contributed by atoms with van der Waals surface area (Å²) in [5.41, 5.74) is 1.16. The van der Waals surface area contributed by atoms with E-state index in [2.05, 4.69) is 13.8 Å². The van der Waals surface area contributed by atoms with E-state index in [1.807, 2.05) is 32.0 Å². The number of benzene rings is 1. The molecular formula is C12H19ClO. The molecule has 1 nitrogen and oxygen atoms in total. The largest absolute Gasteiger partial charge is 0.495 e. The van der Waals surface area contributed by atoms with Crippen LogP contribution in [0.5, 0.6) is 5.75 Å². The Bertz CT molecular complexity index is 269. The van der Waals surface area contributed by atoms with Crippen LogP contribution in [-0.2, 0) is 0 Å². The van der Waals surface area contributed by atoms with E-state index in [1.165, 1.54) is 0 Å². The van der Waals surface area contributed by atoms with Crippen molar-refractivity contribution in [2.75, 3.05) is 7.11 Å². The van der Waals surface area contributed by atoms with Crippen molar-refractivity contribution in [3.63, 3.8) is 0 Å². The lowest BCUT2D eigenvalue weighted by Crippen LogP contribution is -1.94. The zero-order chi connectivity index (χ0) is 11.1. The van der Waals surface area contributed by atoms with Gasteiger partial charge in [0.05, 0.1) is 12.1 Å². The Morgan fingerprint density at radius 3 is 2.14 bits per heavy atom. The van der Waals surface area contributed by atoms with Gasteiger partial charge in [-0.05, 0) is 17.5 Å². The van der Waals surface area contributed by atoms with Crippen molar-refractivity contribution in [1.29, 1.82) is 0 Å². The fourth-order valence-corrected chi connectivity index (χ4v) is 1.45. The van der Waals surface area contributed by atoms with Gasteiger partial charge in [-0.1, -0.05) is 51.4 Å². The number of ether oxygens (including phenoxy) is 1. The molecule has 1 rings (SSSR count). The van der Waals surface area contributed by atoms with Gasteiger partial charge in [0.15, 0.2) is 0 Å². The monoisotopic (exact) mass is 214 g/mol. The Hall–Kier alpha value is -0.690. The summed E-state index contributed by atoms with van der Waals surface area (Å²) in [5, 5.41) is 0.684. The molecule has 0 bridgehead atoms. The highest BCUT2D eigenvalue weighted by atomic mass is 35.5. The molecule has 1 aromatic carbocycles. The third kappa shape index (κ3) is 3.22. The van der Waals surface area contributed by atoms with Crippen LogP contribution in [0, 0.1) is 0 Å². The molecular weight excluding hydrogens is 196 g/mol. The topological polar surface area (TPSA) is 9.23 Å². The van der Waals surface area contributed by atoms with E-state index >= 15 is 0 Å². The van der Waals surface area contributed by atoms with Gasteiger partial charge < -0.3 is 4.74 Å². The first kappa shape index (κ1) is 13.3. The molecule has 0 radical (unpaired) electrons. The molecule has 0 saturated heterocycles. The van der Waals surface area contributed by atoms with E-state index in [0.717, 1.165) is 11.3 Å². The zero-order valence-corrected chi connectivity index (χ0v) is 10.4. The first-order chi connectivity index (χ1) is 6.66. The van der Waals surface area contributed by atoms with Gasteiger partial charge in [-0.25, -0.2) is 0 Å². The number of halogens is 1. The molecule has 14 heavy (non-hydrogen) atoms. The van der Waals surface area contributed by atoms with E-state index in [4.69, 9.17) is 16.3 Å². The minimum Gasteiger partial charge on any atom is -0.495 e. The highest BCUT2D eigenvalue weighted by molar-refractivity contribution is 6.32. The minimum absolute atomic E-state index is 0.443. The summed E-state index contributed by atoms with van der Waals surface area (Å²) >= 11 is 5.95. The summed E-state index contributed by atoms with van der Waals surface area (Å²) in [6.07, 6.45) is 0. The van der Waals surface area contributed by atoms with E-state index in [0.29, 0.717) is 10.9 Å². The van der Waals surface area contributed by atoms with Crippen LogP contribution in [-0.4, -0.2) is 7.11 Å². The van der Waals surface area contributed by atoms with Crippen molar-refractivity contribution in [2.45, 2.75) is 33.6 Å². The normalized spacial score (nSPS) is 9.36. The van der Waals surface area contributed by atoms with E-state index in [-0.39, 0.29) is 0 Å². The van der Waals surface area contributed by atoms with Crippen LogP contribution in [0.15, 0.2) is 18.2 Å². The summed E-state index contributed by atoms with van der Waals surface area (Å²) in [4.78, 5) is 0. The molecule has 1 aromatic rings. The number of hydrogen-bond donors (Lipinski definition) is 0. The molecule has 0 aliphatic heterocycles. The van der Waals surface area contributed by atoms with Gasteiger partial charge in [0.2, 0.25) is 0 Å². The minimum atomic E-state index is 0.443. The zero-order valence-electron chi connectivity index (χ0n) is 9.60. The first-order valence-electron chi connectivity index (χ1n) is 4.99. The van der Waals surface area contributed by atoms with Gasteiger partial charge in [-0.15, -0.1) is 0 Å². The smallest absolute Gasteiger partial charge is 0.140 e. The molecule has 80 valence electrons. The number of para-hydroxylation sites is 1. The second kappa shape index (κ2) is 6.72. The number of hydrogen-bond acceptors (Lipinski definition) is 1. The van der Waals surface area contributed by atoms with Crippen molar-refractivity contribution in [3.05, 3.63) is 28.8 Å². The van der Waals surface area contributed by atoms with Crippen molar-refractivity contribution in [2.24, 2.45) is 0 Å². The highest BCUT2D eigenvalue weighted by Crippen LogP contribution is 2.32. The molecule has 0 N–H and O–H groups in total. The average molecular weight is 215 g/mol. The summed E-state index contributed by atoms with van der Waals surface area (Å²) in [5.74, 6) is 1.24. The summed E-state index contributed by atoms with van der Waals surface area (Å²) in [6.45, 7) is 8.24. The number of rotatable bonds is 2. The van der Waals surface area contributed by atoms with Crippen molar-refractivity contribution < 1.29 is 4.74 Å². The molecule has 0 aliphatic rings. The van der Waals surface area contributed by atoms with Crippen LogP contribution in [0.4, 0.5) is 0 Å². The van der Waals surface area contributed by atoms with Crippen LogP contribution < -0.4 is 4.74 Å². The molecule has 0 spiro atoms. The maximum atomic E-state index is 5.95. The fourth-order valence-electron chi connectivity index (χ4n) is 1.20. The molecule has 2 heteroatoms. The van der Waals surface area contributed by atoms with E-state index < -0.39 is 0 Å². The van der Waals surface area contributed by atoms with Crippen LogP contribution in [0.1, 0.15) is 39.2 Å².